The van der Waals surface area contributed by atoms with Crippen LogP contribution in [0.15, 0.2) is 71.6 Å². The van der Waals surface area contributed by atoms with Crippen molar-refractivity contribution >= 4 is 40.6 Å². The number of thioether (sulfide) groups is 1. The van der Waals surface area contributed by atoms with Crippen LogP contribution in [0.2, 0.25) is 0 Å². The van der Waals surface area contributed by atoms with Crippen LogP contribution in [-0.2, 0) is 16.1 Å². The quantitative estimate of drug-likeness (QED) is 0.430. The largest absolute Gasteiger partial charge is 0.484 e. The Morgan fingerprint density at radius 2 is 1.77 bits per heavy atom. The second-order valence-electron chi connectivity index (χ2n) is 8.06. The topological polar surface area (TPSA) is 75.7 Å². The Kier molecular flexibility index (Phi) is 7.31. The van der Waals surface area contributed by atoms with E-state index in [-0.39, 0.29) is 29.5 Å². The third kappa shape index (κ3) is 5.96. The summed E-state index contributed by atoms with van der Waals surface area (Å²) < 4.78 is 19.5. The average Bonchev–Trinajstić information content (AvgIpc) is 3.09. The fraction of sp³-hybridized carbons (Fsp3) is 0.148. The third-order valence-corrected chi connectivity index (χ3v) is 6.41. The average molecular weight is 491 g/mol. The number of imide groups is 1. The summed E-state index contributed by atoms with van der Waals surface area (Å²) in [6.07, 6.45) is 1.60. The van der Waals surface area contributed by atoms with Crippen LogP contribution in [0, 0.1) is 19.7 Å². The maximum absolute atomic E-state index is 13.9. The number of hydrogen-bond acceptors (Lipinski definition) is 5. The van der Waals surface area contributed by atoms with E-state index in [0.717, 1.165) is 27.8 Å². The minimum atomic E-state index is -0.466. The van der Waals surface area contributed by atoms with E-state index in [1.165, 1.54) is 6.07 Å². The predicted molar refractivity (Wildman–Crippen MR) is 134 cm³/mol. The highest BCUT2D eigenvalue weighted by Gasteiger charge is 2.35. The molecule has 8 heteroatoms. The third-order valence-electron chi connectivity index (χ3n) is 5.50. The zero-order valence-electron chi connectivity index (χ0n) is 19.2. The minimum absolute atomic E-state index is 0.119. The van der Waals surface area contributed by atoms with Gasteiger partial charge in [-0.05, 0) is 78.7 Å². The molecular formula is C27H23FN2O4S. The molecule has 3 amide bonds. The fourth-order valence-electron chi connectivity index (χ4n) is 3.41. The van der Waals surface area contributed by atoms with Gasteiger partial charge in [0.15, 0.2) is 6.61 Å². The molecule has 1 fully saturated rings. The van der Waals surface area contributed by atoms with Crippen molar-refractivity contribution in [1.82, 2.24) is 4.90 Å². The Hall–Kier alpha value is -3.91. The first-order valence-corrected chi connectivity index (χ1v) is 11.7. The van der Waals surface area contributed by atoms with Crippen LogP contribution in [-0.4, -0.2) is 28.6 Å². The first-order chi connectivity index (χ1) is 16.8. The van der Waals surface area contributed by atoms with Gasteiger partial charge in [0, 0.05) is 11.3 Å². The van der Waals surface area contributed by atoms with Crippen molar-refractivity contribution in [2.75, 3.05) is 11.9 Å². The molecule has 3 aromatic carbocycles. The number of carbonyl (C=O) groups excluding carboxylic acids is 3. The summed E-state index contributed by atoms with van der Waals surface area (Å²) in [5.74, 6) is -0.716. The van der Waals surface area contributed by atoms with Gasteiger partial charge in [0.25, 0.3) is 17.1 Å². The summed E-state index contributed by atoms with van der Waals surface area (Å²) in [4.78, 5) is 38.5. The highest BCUT2D eigenvalue weighted by Crippen LogP contribution is 2.33. The lowest BCUT2D eigenvalue weighted by Gasteiger charge is -2.12. The van der Waals surface area contributed by atoms with Crippen LogP contribution in [0.25, 0.3) is 6.08 Å². The van der Waals surface area contributed by atoms with E-state index in [9.17, 15) is 18.8 Å². The van der Waals surface area contributed by atoms with E-state index < -0.39 is 17.0 Å². The van der Waals surface area contributed by atoms with Crippen LogP contribution in [0.1, 0.15) is 22.3 Å². The number of carbonyl (C=O) groups is 3. The molecule has 35 heavy (non-hydrogen) atoms. The van der Waals surface area contributed by atoms with Crippen molar-refractivity contribution in [2.24, 2.45) is 0 Å². The molecule has 0 aromatic heterocycles. The number of amides is 3. The van der Waals surface area contributed by atoms with E-state index >= 15 is 0 Å². The molecule has 1 heterocycles. The van der Waals surface area contributed by atoms with Gasteiger partial charge >= 0.3 is 0 Å². The van der Waals surface area contributed by atoms with Crippen LogP contribution in [0.5, 0.6) is 5.75 Å². The Balaban J connectivity index is 1.34. The molecule has 0 radical (unpaired) electrons. The maximum Gasteiger partial charge on any atom is 0.293 e. The molecule has 6 nitrogen and oxygen atoms in total. The van der Waals surface area contributed by atoms with E-state index in [0.29, 0.717) is 17.0 Å². The molecule has 0 aliphatic carbocycles. The first-order valence-electron chi connectivity index (χ1n) is 10.9. The smallest absolute Gasteiger partial charge is 0.293 e. The van der Waals surface area contributed by atoms with E-state index in [2.05, 4.69) is 5.32 Å². The summed E-state index contributed by atoms with van der Waals surface area (Å²) in [7, 11) is 0. The summed E-state index contributed by atoms with van der Waals surface area (Å²) in [5, 5.41) is 2.35. The molecule has 1 aliphatic heterocycles. The van der Waals surface area contributed by atoms with Crippen molar-refractivity contribution in [2.45, 2.75) is 20.4 Å². The second-order valence-corrected chi connectivity index (χ2v) is 9.06. The summed E-state index contributed by atoms with van der Waals surface area (Å²) in [6, 6.07) is 18.5. The second kappa shape index (κ2) is 10.6. The zero-order chi connectivity index (χ0) is 24.9. The number of hydrogen-bond donors (Lipinski definition) is 1. The van der Waals surface area contributed by atoms with E-state index in [1.54, 1.807) is 48.5 Å². The summed E-state index contributed by atoms with van der Waals surface area (Å²) in [5.41, 5.74) is 3.91. The van der Waals surface area contributed by atoms with Gasteiger partial charge in [-0.15, -0.1) is 0 Å². The van der Waals surface area contributed by atoms with Crippen molar-refractivity contribution < 1.29 is 23.5 Å². The van der Waals surface area contributed by atoms with Gasteiger partial charge in [-0.1, -0.05) is 36.4 Å². The SMILES string of the molecule is Cc1ccc(NC(=O)COc2ccc(/C=C3\SC(=O)N(Cc4ccccc4F)C3=O)cc2)cc1C. The van der Waals surface area contributed by atoms with Crippen molar-refractivity contribution in [3.8, 4) is 5.75 Å². The maximum atomic E-state index is 13.9. The molecule has 0 bridgehead atoms. The predicted octanol–water partition coefficient (Wildman–Crippen LogP) is 5.70. The molecule has 4 rings (SSSR count). The number of anilines is 1. The molecule has 1 aliphatic rings. The lowest BCUT2D eigenvalue weighted by molar-refractivity contribution is -0.123. The summed E-state index contributed by atoms with van der Waals surface area (Å²) >= 11 is 0.815. The molecule has 0 saturated carbocycles. The number of benzene rings is 3. The van der Waals surface area contributed by atoms with Gasteiger partial charge in [0.2, 0.25) is 0 Å². The van der Waals surface area contributed by atoms with Crippen molar-refractivity contribution in [3.63, 3.8) is 0 Å². The number of aryl methyl sites for hydroxylation is 2. The number of nitrogens with zero attached hydrogens (tertiary/aromatic N) is 1. The monoisotopic (exact) mass is 490 g/mol. The van der Waals surface area contributed by atoms with E-state index in [4.69, 9.17) is 4.74 Å². The van der Waals surface area contributed by atoms with Gasteiger partial charge in [-0.25, -0.2) is 4.39 Å². The number of nitrogens with one attached hydrogen (secondary N) is 1. The van der Waals surface area contributed by atoms with Crippen molar-refractivity contribution in [1.29, 1.82) is 0 Å². The zero-order valence-corrected chi connectivity index (χ0v) is 20.0. The highest BCUT2D eigenvalue weighted by atomic mass is 32.2. The van der Waals surface area contributed by atoms with Crippen LogP contribution < -0.4 is 10.1 Å². The van der Waals surface area contributed by atoms with Gasteiger partial charge in [-0.3, -0.25) is 19.3 Å². The van der Waals surface area contributed by atoms with Gasteiger partial charge < -0.3 is 10.1 Å². The van der Waals surface area contributed by atoms with Crippen molar-refractivity contribution in [3.05, 3.63) is 99.7 Å². The van der Waals surface area contributed by atoms with Crippen LogP contribution in [0.4, 0.5) is 14.9 Å². The number of halogens is 1. The molecular weight excluding hydrogens is 467 g/mol. The number of ether oxygens (including phenoxy) is 1. The normalized spacial score (nSPS) is 14.5. The molecule has 178 valence electrons. The molecule has 3 aromatic rings. The van der Waals surface area contributed by atoms with Gasteiger partial charge in [0.1, 0.15) is 11.6 Å². The lowest BCUT2D eigenvalue weighted by atomic mass is 10.1. The molecule has 0 spiro atoms. The number of rotatable bonds is 7. The Morgan fingerprint density at radius 3 is 2.49 bits per heavy atom. The molecule has 1 N–H and O–H groups in total. The molecule has 1 saturated heterocycles. The Labute approximate surface area is 206 Å². The van der Waals surface area contributed by atoms with E-state index in [1.807, 2.05) is 32.0 Å². The standard InChI is InChI=1S/C27H23FN2O4S/c1-17-7-10-21(13-18(17)2)29-25(31)16-34-22-11-8-19(9-12-22)14-24-26(32)30(27(33)35-24)15-20-5-3-4-6-23(20)28/h3-14H,15-16H2,1-2H3,(H,29,31)/b24-14-. The minimum Gasteiger partial charge on any atom is -0.484 e. The van der Waals surface area contributed by atoms with Crippen LogP contribution in [0.3, 0.4) is 0 Å². The van der Waals surface area contributed by atoms with Gasteiger partial charge in [0.05, 0.1) is 11.4 Å². The first kappa shape index (κ1) is 24.2. The van der Waals surface area contributed by atoms with Gasteiger partial charge in [-0.2, -0.15) is 0 Å². The molecule has 0 unspecified atom stereocenters. The van der Waals surface area contributed by atoms with Crippen LogP contribution >= 0.6 is 11.8 Å². The summed E-state index contributed by atoms with van der Waals surface area (Å²) in [6.45, 7) is 3.71. The fourth-order valence-corrected chi connectivity index (χ4v) is 4.25. The Bertz CT molecular complexity index is 1320. The highest BCUT2D eigenvalue weighted by molar-refractivity contribution is 8.18. The lowest BCUT2D eigenvalue weighted by Crippen LogP contribution is -2.27. The molecule has 0 atom stereocenters. The Morgan fingerprint density at radius 1 is 1.03 bits per heavy atom.